The number of hydrogen-bond acceptors (Lipinski definition) is 12. The minimum atomic E-state index is -4.59. The standard InChI is InChI=1S/C36H51N6O15P3/c1-22-10-25(31(43)28(13-22)34(46)37-19-58(49,50)51)16-40-4-6-41(17-26-11-23(2)14-29(32(26)44)35(47)38-20-59(52,53)54)8-9-42(7-5-40)18-27-12-24(3)15-30(33(27)45)36(48)39-21-60(55,56)57/h10-15,43-45H,4-9,16-21H2,1-3H3,(H,37,46)(H,38,47)(H,39,48)(H2,49,50,51)(H2,52,53,54)(H2,55,56,57). The maximum Gasteiger partial charge on any atom is 0.344 e. The van der Waals surface area contributed by atoms with Crippen molar-refractivity contribution in [3.8, 4) is 17.2 Å². The lowest BCUT2D eigenvalue weighted by atomic mass is 10.0. The number of carbonyl (C=O) groups is 3. The largest absolute Gasteiger partial charge is 0.507 e. The van der Waals surface area contributed by atoms with E-state index in [0.29, 0.717) is 72.6 Å². The summed E-state index contributed by atoms with van der Waals surface area (Å²) in [4.78, 5) is 100. The zero-order chi connectivity index (χ0) is 44.7. The molecule has 1 aliphatic heterocycles. The van der Waals surface area contributed by atoms with Gasteiger partial charge < -0.3 is 60.6 Å². The normalized spacial score (nSPS) is 15.2. The molecule has 1 saturated heterocycles. The van der Waals surface area contributed by atoms with Crippen molar-refractivity contribution in [2.45, 2.75) is 40.4 Å². The van der Waals surface area contributed by atoms with Crippen LogP contribution in [0.25, 0.3) is 0 Å². The van der Waals surface area contributed by atoms with E-state index in [1.807, 2.05) is 14.7 Å². The first kappa shape index (κ1) is 48.5. The molecule has 24 heteroatoms. The van der Waals surface area contributed by atoms with Gasteiger partial charge in [0, 0.05) is 75.6 Å². The number of aromatic hydroxyl groups is 3. The van der Waals surface area contributed by atoms with Crippen LogP contribution in [0.15, 0.2) is 36.4 Å². The van der Waals surface area contributed by atoms with E-state index < -0.39 is 59.4 Å². The van der Waals surface area contributed by atoms with Crippen LogP contribution in [0.1, 0.15) is 64.5 Å². The summed E-state index contributed by atoms with van der Waals surface area (Å²) in [7, 11) is -13.8. The second kappa shape index (κ2) is 20.1. The zero-order valence-electron chi connectivity index (χ0n) is 33.1. The molecule has 12 N–H and O–H groups in total. The summed E-state index contributed by atoms with van der Waals surface area (Å²) >= 11 is 0. The number of nitrogens with zero attached hydrogens (tertiary/aromatic N) is 3. The number of nitrogens with one attached hydrogen (secondary N) is 3. The molecule has 0 spiro atoms. The minimum Gasteiger partial charge on any atom is -0.507 e. The Bertz CT molecular complexity index is 1980. The molecule has 4 rings (SSSR count). The monoisotopic (exact) mass is 900 g/mol. The second-order valence-corrected chi connectivity index (χ2v) is 19.7. The average Bonchev–Trinajstić information content (AvgIpc) is 3.22. The summed E-state index contributed by atoms with van der Waals surface area (Å²) in [6, 6.07) is 9.18. The lowest BCUT2D eigenvalue weighted by Crippen LogP contribution is -2.35. The summed E-state index contributed by atoms with van der Waals surface area (Å²) in [5.74, 6) is -3.82. The van der Waals surface area contributed by atoms with Crippen LogP contribution < -0.4 is 16.0 Å². The molecule has 0 bridgehead atoms. The van der Waals surface area contributed by atoms with E-state index in [9.17, 15) is 72.8 Å². The lowest BCUT2D eigenvalue weighted by Gasteiger charge is -2.27. The fraction of sp³-hybridized carbons (Fsp3) is 0.417. The number of phenols is 3. The third kappa shape index (κ3) is 14.8. The van der Waals surface area contributed by atoms with Gasteiger partial charge in [-0.05, 0) is 55.7 Å². The predicted molar refractivity (Wildman–Crippen MR) is 217 cm³/mol. The van der Waals surface area contributed by atoms with E-state index in [1.165, 1.54) is 18.2 Å². The maximum atomic E-state index is 12.9. The summed E-state index contributed by atoms with van der Waals surface area (Å²) in [6.45, 7) is 7.56. The first-order chi connectivity index (χ1) is 27.8. The van der Waals surface area contributed by atoms with Crippen molar-refractivity contribution >= 4 is 40.5 Å². The van der Waals surface area contributed by atoms with Gasteiger partial charge in [0.15, 0.2) is 0 Å². The van der Waals surface area contributed by atoms with E-state index in [-0.39, 0.29) is 53.6 Å². The van der Waals surface area contributed by atoms with Crippen LogP contribution in [0.5, 0.6) is 17.2 Å². The van der Waals surface area contributed by atoms with Gasteiger partial charge in [-0.25, -0.2) is 0 Å². The maximum absolute atomic E-state index is 12.9. The van der Waals surface area contributed by atoms with E-state index >= 15 is 0 Å². The number of carbonyl (C=O) groups excluding carboxylic acids is 3. The Labute approximate surface area is 345 Å². The molecule has 1 fully saturated rings. The van der Waals surface area contributed by atoms with E-state index in [1.54, 1.807) is 39.0 Å². The van der Waals surface area contributed by atoms with Crippen molar-refractivity contribution in [3.05, 3.63) is 86.5 Å². The number of benzene rings is 3. The van der Waals surface area contributed by atoms with Gasteiger partial charge >= 0.3 is 22.8 Å². The molecule has 0 aromatic heterocycles. The first-order valence-corrected chi connectivity index (χ1v) is 23.8. The second-order valence-electron chi connectivity index (χ2n) is 14.8. The Hall–Kier alpha value is -4.20. The van der Waals surface area contributed by atoms with Crippen LogP contribution in [0.2, 0.25) is 0 Å². The number of hydrogen-bond donors (Lipinski definition) is 12. The molecule has 1 heterocycles. The highest BCUT2D eigenvalue weighted by Crippen LogP contribution is 2.35. The summed E-state index contributed by atoms with van der Waals surface area (Å²) < 4.78 is 34.2. The van der Waals surface area contributed by atoms with Gasteiger partial charge in [0.05, 0.1) is 16.7 Å². The third-order valence-corrected chi connectivity index (χ3v) is 11.2. The van der Waals surface area contributed by atoms with Crippen molar-refractivity contribution in [3.63, 3.8) is 0 Å². The predicted octanol–water partition coefficient (Wildman–Crippen LogP) is 1.14. The molecule has 21 nitrogen and oxygen atoms in total. The number of aryl methyl sites for hydroxylation is 3. The van der Waals surface area contributed by atoms with Crippen LogP contribution in [0.3, 0.4) is 0 Å². The van der Waals surface area contributed by atoms with Crippen molar-refractivity contribution < 1.29 is 72.8 Å². The van der Waals surface area contributed by atoms with Crippen molar-refractivity contribution in [1.29, 1.82) is 0 Å². The van der Waals surface area contributed by atoms with Crippen LogP contribution >= 0.6 is 22.8 Å². The highest BCUT2D eigenvalue weighted by Gasteiger charge is 2.26. The summed E-state index contributed by atoms with van der Waals surface area (Å²) in [5.41, 5.74) is 2.24. The van der Waals surface area contributed by atoms with E-state index in [4.69, 9.17) is 0 Å². The quantitative estimate of drug-likeness (QED) is 0.0952. The summed E-state index contributed by atoms with van der Waals surface area (Å²) in [5, 5.41) is 40.1. The molecule has 3 aromatic rings. The average molecular weight is 901 g/mol. The van der Waals surface area contributed by atoms with Crippen molar-refractivity contribution in [2.75, 3.05) is 58.1 Å². The molecule has 330 valence electrons. The first-order valence-electron chi connectivity index (χ1n) is 18.4. The minimum absolute atomic E-state index is 0.104. The number of phenolic OH excluding ortho intramolecular Hbond substituents is 3. The van der Waals surface area contributed by atoms with Gasteiger partial charge in [-0.15, -0.1) is 0 Å². The highest BCUT2D eigenvalue weighted by molar-refractivity contribution is 7.52. The lowest BCUT2D eigenvalue weighted by molar-refractivity contribution is 0.0946. The molecule has 3 aromatic carbocycles. The molecule has 1 aliphatic rings. The van der Waals surface area contributed by atoms with Crippen LogP contribution in [-0.2, 0) is 33.3 Å². The third-order valence-electron chi connectivity index (χ3n) is 9.45. The Balaban J connectivity index is 1.67. The molecular formula is C36H51N6O15P3. The van der Waals surface area contributed by atoms with Gasteiger partial charge in [0.2, 0.25) is 0 Å². The van der Waals surface area contributed by atoms with Crippen LogP contribution in [0, 0.1) is 20.8 Å². The molecule has 0 radical (unpaired) electrons. The van der Waals surface area contributed by atoms with Gasteiger partial charge in [0.1, 0.15) is 36.1 Å². The Morgan fingerprint density at radius 1 is 0.467 bits per heavy atom. The fourth-order valence-corrected chi connectivity index (χ4v) is 7.68. The smallest absolute Gasteiger partial charge is 0.344 e. The zero-order valence-corrected chi connectivity index (χ0v) is 35.8. The van der Waals surface area contributed by atoms with Gasteiger partial charge in [0.25, 0.3) is 17.7 Å². The molecule has 0 saturated carbocycles. The van der Waals surface area contributed by atoms with E-state index in [0.717, 1.165) is 0 Å². The molecular weight excluding hydrogens is 849 g/mol. The van der Waals surface area contributed by atoms with Gasteiger partial charge in [-0.3, -0.25) is 42.8 Å². The van der Waals surface area contributed by atoms with Crippen LogP contribution in [0.4, 0.5) is 0 Å². The topological polar surface area (TPSA) is 330 Å². The van der Waals surface area contributed by atoms with Crippen LogP contribution in [-0.4, -0.2) is 135 Å². The van der Waals surface area contributed by atoms with Crippen molar-refractivity contribution in [1.82, 2.24) is 30.7 Å². The number of amides is 3. The van der Waals surface area contributed by atoms with Gasteiger partial charge in [-0.2, -0.15) is 0 Å². The Kier molecular flexibility index (Phi) is 16.2. The Morgan fingerprint density at radius 3 is 0.883 bits per heavy atom. The molecule has 0 atom stereocenters. The summed E-state index contributed by atoms with van der Waals surface area (Å²) in [6.07, 6.45) is -2.80. The molecule has 3 amide bonds. The van der Waals surface area contributed by atoms with Crippen molar-refractivity contribution in [2.24, 2.45) is 0 Å². The SMILES string of the molecule is Cc1cc(CN2CCN(Cc3cc(C)cc(C(=O)NCP(=O)(O)O)c3O)CCN(Cc3cc(C)cc(C(=O)NCP(=O)(O)O)c3O)CC2)c(O)c(C(=O)NCP(=O)(O)O)c1. The van der Waals surface area contributed by atoms with E-state index in [2.05, 4.69) is 16.0 Å². The van der Waals surface area contributed by atoms with Gasteiger partial charge in [-0.1, -0.05) is 18.2 Å². The molecule has 60 heavy (non-hydrogen) atoms. The molecule has 0 aliphatic carbocycles. The highest BCUT2D eigenvalue weighted by atomic mass is 31.2. The molecule has 0 unspecified atom stereocenters. The fourth-order valence-electron chi connectivity index (χ4n) is 6.63. The Morgan fingerprint density at radius 2 is 0.683 bits per heavy atom. The number of rotatable bonds is 15.